The van der Waals surface area contributed by atoms with Crippen molar-refractivity contribution in [2.24, 2.45) is 5.10 Å². The minimum atomic E-state index is -1.45. The second-order valence-electron chi connectivity index (χ2n) is 5.53. The summed E-state index contributed by atoms with van der Waals surface area (Å²) in [4.78, 5) is 0. The molecule has 6 heteroatoms. The van der Waals surface area contributed by atoms with E-state index in [0.717, 1.165) is 16.9 Å². The van der Waals surface area contributed by atoms with Gasteiger partial charge >= 0.3 is 0 Å². The van der Waals surface area contributed by atoms with Gasteiger partial charge in [-0.15, -0.1) is 0 Å². The van der Waals surface area contributed by atoms with E-state index >= 15 is 0 Å². The average Bonchev–Trinajstić information content (AvgIpc) is 2.62. The third-order valence-electron chi connectivity index (χ3n) is 2.29. The number of hydrogen-bond acceptors (Lipinski definition) is 4. The fraction of sp³-hybridized carbons (Fsp3) is 0.583. The highest BCUT2D eigenvalue weighted by atomic mass is 32.2. The van der Waals surface area contributed by atoms with Crippen LogP contribution in [0.5, 0.6) is 0 Å². The molecule has 0 aromatic carbocycles. The summed E-state index contributed by atoms with van der Waals surface area (Å²) >= 11 is 0. The number of furan rings is 1. The smallest absolute Gasteiger partial charge is 0.150 e. The summed E-state index contributed by atoms with van der Waals surface area (Å²) < 4.78 is 17.3. The molecule has 1 atom stereocenters. The molecule has 0 amide bonds. The first-order chi connectivity index (χ1) is 8.20. The van der Waals surface area contributed by atoms with Crippen LogP contribution in [0.2, 0.25) is 19.6 Å². The Morgan fingerprint density at radius 3 is 2.39 bits per heavy atom. The Morgan fingerprint density at radius 1 is 1.39 bits per heavy atom. The molecule has 0 saturated heterocycles. The van der Waals surface area contributed by atoms with Gasteiger partial charge in [-0.25, -0.2) is 0 Å². The number of hydrogen-bond donors (Lipinski definition) is 0. The Balaban J connectivity index is 3.07. The lowest BCUT2D eigenvalue weighted by atomic mass is 10.3. The van der Waals surface area contributed by atoms with E-state index in [2.05, 4.69) is 24.7 Å². The molecule has 4 nitrogen and oxygen atoms in total. The molecule has 0 spiro atoms. The van der Waals surface area contributed by atoms with Gasteiger partial charge < -0.3 is 9.43 Å². The summed E-state index contributed by atoms with van der Waals surface area (Å²) in [7, 11) is 1.32. The molecular formula is C12H22N2O2SSi. The molecule has 0 saturated carbocycles. The Kier molecular flexibility index (Phi) is 4.92. The predicted octanol–water partition coefficient (Wildman–Crippen LogP) is 1.47. The van der Waals surface area contributed by atoms with Crippen LogP contribution in [0.4, 0.5) is 0 Å². The molecule has 0 aliphatic rings. The normalized spacial score (nSPS) is 14.7. The first-order valence-electron chi connectivity index (χ1n) is 5.85. The highest BCUT2D eigenvalue weighted by molar-refractivity contribution is 7.85. The van der Waals surface area contributed by atoms with Crippen molar-refractivity contribution in [1.82, 2.24) is 5.01 Å². The zero-order valence-electron chi connectivity index (χ0n) is 12.0. The molecule has 1 rings (SSSR count). The van der Waals surface area contributed by atoms with E-state index < -0.39 is 18.9 Å². The summed E-state index contributed by atoms with van der Waals surface area (Å²) in [6, 6.07) is 3.95. The molecule has 0 aliphatic carbocycles. The standard InChI is InChI=1S/C12H22N2O2SSi/c1-14(2)13-10(9-17(3)15)11-7-8-12(16-11)18(4,5)6/h7-8H,9H2,1-6H3/b13-10+. The Hall–Kier alpha value is -0.883. The molecule has 18 heavy (non-hydrogen) atoms. The molecule has 0 fully saturated rings. The Bertz CT molecular complexity index is 461. The molecule has 0 N–H and O–H groups in total. The minimum absolute atomic E-state index is 0.414. The monoisotopic (exact) mass is 286 g/mol. The van der Waals surface area contributed by atoms with E-state index in [4.69, 9.17) is 4.42 Å². The van der Waals surface area contributed by atoms with Crippen LogP contribution in [0.1, 0.15) is 5.76 Å². The van der Waals surface area contributed by atoms with Crippen LogP contribution in [-0.4, -0.2) is 49.1 Å². The van der Waals surface area contributed by atoms with Gasteiger partial charge in [-0.3, -0.25) is 4.21 Å². The van der Waals surface area contributed by atoms with Crippen LogP contribution in [-0.2, 0) is 10.8 Å². The van der Waals surface area contributed by atoms with Crippen molar-refractivity contribution in [1.29, 1.82) is 0 Å². The SMILES string of the molecule is CN(C)/N=C(\CS(C)=O)c1ccc([Si](C)(C)C)o1. The lowest BCUT2D eigenvalue weighted by Crippen LogP contribution is -2.36. The third kappa shape index (κ3) is 4.42. The molecule has 1 aromatic rings. The first-order valence-corrected chi connectivity index (χ1v) is 11.1. The topological polar surface area (TPSA) is 45.8 Å². The Labute approximate surface area is 113 Å². The van der Waals surface area contributed by atoms with Gasteiger partial charge in [0.25, 0.3) is 0 Å². The van der Waals surface area contributed by atoms with Gasteiger partial charge in [-0.05, 0) is 12.1 Å². The number of nitrogens with zero attached hydrogens (tertiary/aromatic N) is 2. The lowest BCUT2D eigenvalue weighted by molar-refractivity contribution is 0.435. The van der Waals surface area contributed by atoms with Crippen molar-refractivity contribution in [2.45, 2.75) is 19.6 Å². The van der Waals surface area contributed by atoms with Gasteiger partial charge in [0.1, 0.15) is 13.8 Å². The number of rotatable bonds is 5. The predicted molar refractivity (Wildman–Crippen MR) is 80.8 cm³/mol. The summed E-state index contributed by atoms with van der Waals surface area (Å²) in [6.07, 6.45) is 1.67. The highest BCUT2D eigenvalue weighted by Gasteiger charge is 2.22. The lowest BCUT2D eigenvalue weighted by Gasteiger charge is -2.12. The fourth-order valence-electron chi connectivity index (χ4n) is 1.48. The van der Waals surface area contributed by atoms with Gasteiger partial charge in [0.2, 0.25) is 0 Å². The van der Waals surface area contributed by atoms with Crippen LogP contribution < -0.4 is 5.38 Å². The highest BCUT2D eigenvalue weighted by Crippen LogP contribution is 2.09. The molecule has 1 unspecified atom stereocenters. The van der Waals surface area contributed by atoms with Crippen molar-refractivity contribution in [2.75, 3.05) is 26.1 Å². The molecule has 0 radical (unpaired) electrons. The summed E-state index contributed by atoms with van der Waals surface area (Å²) in [5.41, 5.74) is 0.741. The van der Waals surface area contributed by atoms with E-state index in [0.29, 0.717) is 5.75 Å². The van der Waals surface area contributed by atoms with Gasteiger partial charge in [0.15, 0.2) is 5.76 Å². The van der Waals surface area contributed by atoms with E-state index in [-0.39, 0.29) is 0 Å². The van der Waals surface area contributed by atoms with Crippen LogP contribution in [0.15, 0.2) is 21.7 Å². The molecule has 102 valence electrons. The van der Waals surface area contributed by atoms with Crippen LogP contribution >= 0.6 is 0 Å². The van der Waals surface area contributed by atoms with Gasteiger partial charge in [-0.2, -0.15) is 5.10 Å². The maximum absolute atomic E-state index is 11.4. The van der Waals surface area contributed by atoms with Crippen LogP contribution in [0.25, 0.3) is 0 Å². The molecule has 1 aromatic heterocycles. The second-order valence-corrected chi connectivity index (χ2v) is 12.0. The fourth-order valence-corrected chi connectivity index (χ4v) is 3.06. The van der Waals surface area contributed by atoms with Gasteiger partial charge in [0, 0.05) is 31.2 Å². The van der Waals surface area contributed by atoms with E-state index in [1.165, 1.54) is 0 Å². The second kappa shape index (κ2) is 5.84. The van der Waals surface area contributed by atoms with Crippen molar-refractivity contribution in [3.05, 3.63) is 17.9 Å². The van der Waals surface area contributed by atoms with Gasteiger partial charge in [0.05, 0.1) is 11.1 Å². The van der Waals surface area contributed by atoms with Crippen molar-refractivity contribution < 1.29 is 8.63 Å². The zero-order chi connectivity index (χ0) is 13.9. The van der Waals surface area contributed by atoms with Crippen LogP contribution in [0.3, 0.4) is 0 Å². The number of hydrazone groups is 1. The largest absolute Gasteiger partial charge is 0.465 e. The van der Waals surface area contributed by atoms with E-state index in [1.807, 2.05) is 26.2 Å². The summed E-state index contributed by atoms with van der Waals surface area (Å²) in [6.45, 7) is 6.70. The molecule has 0 bridgehead atoms. The summed E-state index contributed by atoms with van der Waals surface area (Å²) in [5.74, 6) is 1.15. The van der Waals surface area contributed by atoms with Gasteiger partial charge in [-0.1, -0.05) is 19.6 Å². The summed E-state index contributed by atoms with van der Waals surface area (Å²) in [5, 5.41) is 7.12. The average molecular weight is 286 g/mol. The van der Waals surface area contributed by atoms with Crippen LogP contribution in [0, 0.1) is 0 Å². The van der Waals surface area contributed by atoms with E-state index in [9.17, 15) is 4.21 Å². The maximum Gasteiger partial charge on any atom is 0.150 e. The van der Waals surface area contributed by atoms with E-state index in [1.54, 1.807) is 11.3 Å². The Morgan fingerprint density at radius 2 is 2.00 bits per heavy atom. The quantitative estimate of drug-likeness (QED) is 0.468. The van der Waals surface area contributed by atoms with Crippen molar-refractivity contribution >= 4 is 30.0 Å². The molecular weight excluding hydrogens is 264 g/mol. The van der Waals surface area contributed by atoms with Crippen molar-refractivity contribution in [3.63, 3.8) is 0 Å². The van der Waals surface area contributed by atoms with Crippen molar-refractivity contribution in [3.8, 4) is 0 Å². The molecule has 1 heterocycles. The first kappa shape index (κ1) is 15.2. The minimum Gasteiger partial charge on any atom is -0.465 e. The molecule has 0 aliphatic heterocycles. The zero-order valence-corrected chi connectivity index (χ0v) is 13.8. The maximum atomic E-state index is 11.4. The third-order valence-corrected chi connectivity index (χ3v) is 4.72.